The summed E-state index contributed by atoms with van der Waals surface area (Å²) >= 11 is 10.5. The van der Waals surface area contributed by atoms with Crippen LogP contribution < -0.4 is 17.0 Å². The number of aliphatic hydroxyl groups excluding tert-OH is 1. The second kappa shape index (κ2) is 11.5. The fourth-order valence-corrected chi connectivity index (χ4v) is 8.37. The molecule has 8 N–H and O–H groups in total. The Bertz CT molecular complexity index is 1770. The molecule has 0 bridgehead atoms. The summed E-state index contributed by atoms with van der Waals surface area (Å²) < 4.78 is 26.7. The molecule has 0 spiro atoms. The first-order valence-electron chi connectivity index (χ1n) is 12.5. The molecular weight excluding hydrogens is 634 g/mol. The molecule has 42 heavy (non-hydrogen) atoms. The van der Waals surface area contributed by atoms with E-state index in [0.29, 0.717) is 16.9 Å². The van der Waals surface area contributed by atoms with Gasteiger partial charge in [0, 0.05) is 12.6 Å². The maximum atomic E-state index is 12.3. The number of nitrogens with zero attached hydrogens (tertiary/aromatic N) is 7. The average Bonchev–Trinajstić information content (AvgIpc) is 3.71. The number of aromatic amines is 1. The van der Waals surface area contributed by atoms with Crippen LogP contribution in [0.5, 0.6) is 0 Å². The van der Waals surface area contributed by atoms with Crippen molar-refractivity contribution < 1.29 is 33.4 Å². The van der Waals surface area contributed by atoms with Gasteiger partial charge in [-0.25, -0.2) is 9.97 Å². The van der Waals surface area contributed by atoms with Crippen LogP contribution in [0.25, 0.3) is 22.2 Å². The topological polar surface area (TPSA) is 257 Å². The Morgan fingerprint density at radius 1 is 1.26 bits per heavy atom. The minimum Gasteiger partial charge on any atom is -0.394 e. The Labute approximate surface area is 246 Å². The predicted octanol–water partition coefficient (Wildman–Crippen LogP) is -0.738. The highest BCUT2D eigenvalue weighted by atomic mass is 32.5. The quantitative estimate of drug-likeness (QED) is 0.121. The lowest BCUT2D eigenvalue weighted by Crippen LogP contribution is -2.29. The van der Waals surface area contributed by atoms with E-state index < -0.39 is 55.6 Å². The molecule has 22 heteroatoms. The van der Waals surface area contributed by atoms with Crippen molar-refractivity contribution in [3.8, 4) is 0 Å². The first-order valence-corrected chi connectivity index (χ1v) is 17.7. The SMILES string of the molecule is Nc1nc2c(nnn2[C@@H]2O[C@H](CO)C[C@H]2P(O)(=S)OC[C@H]2O[C@@H](n3ccc4c(N)ncnc43)C[C@@H]2O[PH](O)=S)c(=O)[nH]1. The van der Waals surface area contributed by atoms with Gasteiger partial charge in [-0.3, -0.25) is 9.78 Å². The average molecular weight is 661 g/mol. The Kier molecular flexibility index (Phi) is 8.14. The number of hydrogen-bond donors (Lipinski definition) is 6. The highest BCUT2D eigenvalue weighted by Gasteiger charge is 2.47. The number of nitrogen functional groups attached to an aromatic ring is 2. The van der Waals surface area contributed by atoms with E-state index in [1.54, 1.807) is 16.8 Å². The lowest BCUT2D eigenvalue weighted by Gasteiger charge is -2.28. The van der Waals surface area contributed by atoms with Crippen LogP contribution >= 0.6 is 13.6 Å². The van der Waals surface area contributed by atoms with Crippen LogP contribution in [0.1, 0.15) is 25.3 Å². The lowest BCUT2D eigenvalue weighted by atomic mass is 10.2. The standard InChI is InChI=1S/C20H26N10O8P2S2/c21-15-9-1-2-29(16(9)24-7-23-15)13-4-10(38-39(33)41)11(37-13)6-35-40(34,42)12-3-8(5-31)36-19(12)30-17-14(27-28-30)18(32)26-20(22)25-17/h1-2,7-8,10-13,19,31,39H,3-6H2,(H,33,41)(H,34,42)(H2,21,23,24)(H3,22,25,26,32)/t8-,10-,11+,12+,13+,19+,40?/m0/s1. The van der Waals surface area contributed by atoms with E-state index in [9.17, 15) is 19.7 Å². The number of rotatable bonds is 9. The molecule has 8 atom stereocenters. The fourth-order valence-electron chi connectivity index (χ4n) is 5.16. The number of nitrogens with one attached hydrogen (secondary N) is 1. The van der Waals surface area contributed by atoms with Crippen LogP contribution in [0, 0.1) is 0 Å². The van der Waals surface area contributed by atoms with Crippen molar-refractivity contribution in [1.82, 2.24) is 39.5 Å². The summed E-state index contributed by atoms with van der Waals surface area (Å²) in [7, 11) is -2.53. The Hall–Kier alpha value is -2.48. The van der Waals surface area contributed by atoms with Crippen LogP contribution in [0.15, 0.2) is 23.4 Å². The summed E-state index contributed by atoms with van der Waals surface area (Å²) in [6.07, 6.45) is -0.329. The van der Waals surface area contributed by atoms with E-state index in [-0.39, 0.29) is 43.2 Å². The maximum absolute atomic E-state index is 12.3. The minimum absolute atomic E-state index is 0.0155. The van der Waals surface area contributed by atoms with Crippen molar-refractivity contribution >= 4 is 71.2 Å². The van der Waals surface area contributed by atoms with Crippen molar-refractivity contribution in [3.63, 3.8) is 0 Å². The van der Waals surface area contributed by atoms with Gasteiger partial charge in [-0.05, 0) is 36.1 Å². The van der Waals surface area contributed by atoms with E-state index in [1.807, 2.05) is 0 Å². The number of aliphatic hydroxyl groups is 1. The summed E-state index contributed by atoms with van der Waals surface area (Å²) in [5.41, 5.74) is 10.7. The molecule has 2 fully saturated rings. The highest BCUT2D eigenvalue weighted by molar-refractivity contribution is 8.09. The molecule has 4 aromatic rings. The lowest BCUT2D eigenvalue weighted by molar-refractivity contribution is -0.0361. The first-order chi connectivity index (χ1) is 20.1. The van der Waals surface area contributed by atoms with Crippen molar-refractivity contribution in [2.24, 2.45) is 0 Å². The Morgan fingerprint density at radius 3 is 2.83 bits per heavy atom. The van der Waals surface area contributed by atoms with E-state index in [2.05, 4.69) is 30.2 Å². The molecule has 6 rings (SSSR count). The number of H-pyrrole nitrogens is 1. The van der Waals surface area contributed by atoms with Gasteiger partial charge in [-0.2, -0.15) is 9.67 Å². The second-order valence-electron chi connectivity index (χ2n) is 9.66. The van der Waals surface area contributed by atoms with Crippen molar-refractivity contribution in [1.29, 1.82) is 0 Å². The molecule has 0 saturated carbocycles. The van der Waals surface area contributed by atoms with Gasteiger partial charge in [0.05, 0.1) is 36.5 Å². The number of nitrogens with two attached hydrogens (primary N) is 2. The van der Waals surface area contributed by atoms with Gasteiger partial charge >= 0.3 is 0 Å². The summed E-state index contributed by atoms with van der Waals surface area (Å²) in [6, 6.07) is 1.76. The van der Waals surface area contributed by atoms with E-state index in [4.69, 9.17) is 53.6 Å². The third-order valence-electron chi connectivity index (χ3n) is 7.09. The van der Waals surface area contributed by atoms with Gasteiger partial charge in [0.25, 0.3) is 5.56 Å². The zero-order valence-electron chi connectivity index (χ0n) is 21.5. The molecule has 0 aromatic carbocycles. The molecule has 0 radical (unpaired) electrons. The zero-order chi connectivity index (χ0) is 29.8. The molecule has 2 unspecified atom stereocenters. The number of hydrogen-bond acceptors (Lipinski definition) is 15. The summed E-state index contributed by atoms with van der Waals surface area (Å²) in [6.45, 7) is -4.31. The normalized spacial score (nSPS) is 28.5. The maximum Gasteiger partial charge on any atom is 0.282 e. The molecular formula is C20H26N10O8P2S2. The summed E-state index contributed by atoms with van der Waals surface area (Å²) in [4.78, 5) is 48.4. The van der Waals surface area contributed by atoms with Gasteiger partial charge in [0.2, 0.25) is 5.95 Å². The van der Waals surface area contributed by atoms with Gasteiger partial charge in [-0.15, -0.1) is 5.10 Å². The zero-order valence-corrected chi connectivity index (χ0v) is 25.0. The molecule has 226 valence electrons. The Balaban J connectivity index is 1.24. The molecule has 2 saturated heterocycles. The van der Waals surface area contributed by atoms with Gasteiger partial charge in [0.15, 0.2) is 31.0 Å². The molecule has 0 amide bonds. The van der Waals surface area contributed by atoms with Crippen LogP contribution in [0.3, 0.4) is 0 Å². The monoisotopic (exact) mass is 660 g/mol. The van der Waals surface area contributed by atoms with Crippen LogP contribution in [0.4, 0.5) is 11.8 Å². The minimum atomic E-state index is -3.72. The summed E-state index contributed by atoms with van der Waals surface area (Å²) in [5, 5.41) is 18.3. The smallest absolute Gasteiger partial charge is 0.282 e. The van der Waals surface area contributed by atoms with E-state index in [0.717, 1.165) is 0 Å². The number of fused-ring (bicyclic) bond motifs is 2. The Morgan fingerprint density at radius 2 is 2.07 bits per heavy atom. The molecule has 6 heterocycles. The van der Waals surface area contributed by atoms with E-state index >= 15 is 0 Å². The molecule has 18 nitrogen and oxygen atoms in total. The third-order valence-corrected chi connectivity index (χ3v) is 10.8. The predicted molar refractivity (Wildman–Crippen MR) is 155 cm³/mol. The van der Waals surface area contributed by atoms with Crippen LogP contribution in [0.2, 0.25) is 0 Å². The van der Waals surface area contributed by atoms with Crippen molar-refractivity contribution in [2.75, 3.05) is 24.7 Å². The van der Waals surface area contributed by atoms with Gasteiger partial charge < -0.3 is 49.4 Å². The summed E-state index contributed by atoms with van der Waals surface area (Å²) in [5.74, 6) is 0.146. The van der Waals surface area contributed by atoms with E-state index in [1.165, 1.54) is 11.0 Å². The van der Waals surface area contributed by atoms with Gasteiger partial charge in [-0.1, -0.05) is 5.21 Å². The first kappa shape index (κ1) is 29.6. The molecule has 2 aliphatic heterocycles. The third kappa shape index (κ3) is 5.48. The van der Waals surface area contributed by atoms with Crippen molar-refractivity contribution in [2.45, 2.75) is 49.3 Å². The number of ether oxygens (including phenoxy) is 2. The van der Waals surface area contributed by atoms with Crippen LogP contribution in [-0.4, -0.2) is 91.6 Å². The molecule has 4 aromatic heterocycles. The number of aromatic nitrogens is 8. The van der Waals surface area contributed by atoms with Crippen molar-refractivity contribution in [3.05, 3.63) is 28.9 Å². The largest absolute Gasteiger partial charge is 0.394 e. The highest BCUT2D eigenvalue weighted by Crippen LogP contribution is 2.57. The fraction of sp³-hybridized carbons (Fsp3) is 0.500. The molecule has 2 aliphatic rings. The second-order valence-corrected chi connectivity index (χ2v) is 15.1. The van der Waals surface area contributed by atoms with Crippen LogP contribution in [-0.2, 0) is 42.1 Å². The molecule has 0 aliphatic carbocycles. The van der Waals surface area contributed by atoms with Gasteiger partial charge in [0.1, 0.15) is 30.1 Å². The number of anilines is 2.